The van der Waals surface area contributed by atoms with Gasteiger partial charge in [0.2, 0.25) is 0 Å². The topological polar surface area (TPSA) is 44.5 Å². The van der Waals surface area contributed by atoms with Gasteiger partial charge in [0.05, 0.1) is 18.2 Å². The highest BCUT2D eigenvalue weighted by molar-refractivity contribution is 6.73. The summed E-state index contributed by atoms with van der Waals surface area (Å²) in [5, 5.41) is 0.658. The molecule has 114 valence electrons. The van der Waals surface area contributed by atoms with E-state index in [0.29, 0.717) is 11.6 Å². The first-order valence-electron chi connectivity index (χ1n) is 7.27. The van der Waals surface area contributed by atoms with Gasteiger partial charge in [-0.2, -0.15) is 0 Å². The number of hydrogen-bond acceptors (Lipinski definition) is 3. The van der Waals surface area contributed by atoms with Gasteiger partial charge >= 0.3 is 0 Å². The van der Waals surface area contributed by atoms with Crippen molar-refractivity contribution in [2.24, 2.45) is 5.73 Å². The summed E-state index contributed by atoms with van der Waals surface area (Å²) in [4.78, 5) is 0. The number of methoxy groups -OCH3 is 1. The van der Waals surface area contributed by atoms with E-state index in [0.717, 1.165) is 29.4 Å². The third-order valence-corrected chi connectivity index (χ3v) is 9.07. The lowest BCUT2D eigenvalue weighted by Crippen LogP contribution is -2.39. The van der Waals surface area contributed by atoms with Crippen LogP contribution in [0.3, 0.4) is 0 Å². The summed E-state index contributed by atoms with van der Waals surface area (Å²) in [6.45, 7) is 7.03. The number of nitrogens with two attached hydrogens (primary N) is 1. The zero-order valence-electron chi connectivity index (χ0n) is 12.9. The van der Waals surface area contributed by atoms with Crippen molar-refractivity contribution in [3.8, 4) is 5.75 Å². The molecule has 0 radical (unpaired) electrons. The molecule has 1 aromatic rings. The summed E-state index contributed by atoms with van der Waals surface area (Å²) in [6, 6.07) is 8.90. The number of halogens is 1. The Bertz CT molecular complexity index is 416. The lowest BCUT2D eigenvalue weighted by molar-refractivity contribution is 0.193. The van der Waals surface area contributed by atoms with E-state index < -0.39 is 8.32 Å². The van der Waals surface area contributed by atoms with Crippen molar-refractivity contribution in [2.45, 2.75) is 45.0 Å². The first-order valence-corrected chi connectivity index (χ1v) is 10.2. The van der Waals surface area contributed by atoms with Crippen LogP contribution >= 0.6 is 11.6 Å². The van der Waals surface area contributed by atoms with Gasteiger partial charge in [-0.3, -0.25) is 0 Å². The second-order valence-corrected chi connectivity index (χ2v) is 10.1. The Balaban J connectivity index is 3.14. The summed E-state index contributed by atoms with van der Waals surface area (Å²) in [5.74, 6) is 0.749. The maximum absolute atomic E-state index is 6.49. The monoisotopic (exact) mass is 315 g/mol. The molecule has 0 saturated heterocycles. The minimum Gasteiger partial charge on any atom is -0.496 e. The predicted molar refractivity (Wildman–Crippen MR) is 88.1 cm³/mol. The quantitative estimate of drug-likeness (QED) is 0.724. The van der Waals surface area contributed by atoms with Gasteiger partial charge in [-0.15, -0.1) is 0 Å². The largest absolute Gasteiger partial charge is 0.496 e. The number of hydrogen-bond donors (Lipinski definition) is 1. The van der Waals surface area contributed by atoms with Crippen molar-refractivity contribution < 1.29 is 9.16 Å². The van der Waals surface area contributed by atoms with E-state index in [1.165, 1.54) is 0 Å². The summed E-state index contributed by atoms with van der Waals surface area (Å²) in [6.07, 6.45) is -0.190. The van der Waals surface area contributed by atoms with Gasteiger partial charge in [-0.05, 0) is 30.3 Å². The lowest BCUT2D eigenvalue weighted by Gasteiger charge is -2.33. The molecule has 2 N–H and O–H groups in total. The molecule has 0 fully saturated rings. The van der Waals surface area contributed by atoms with Gasteiger partial charge in [-0.1, -0.05) is 38.4 Å². The molecule has 1 atom stereocenters. The second-order valence-electron chi connectivity index (χ2n) is 4.94. The maximum atomic E-state index is 6.49. The standard InChI is InChI=1S/C15H26ClNO2Si/c1-5-20(6-2,7-3)19-14(11-17)15-12(16)9-8-10-13(15)18-4/h8-10,14H,5-7,11,17H2,1-4H3. The van der Waals surface area contributed by atoms with Crippen LogP contribution in [0, 0.1) is 0 Å². The Morgan fingerprint density at radius 3 is 2.25 bits per heavy atom. The second kappa shape index (κ2) is 8.03. The predicted octanol–water partition coefficient (Wildman–Crippen LogP) is 4.37. The van der Waals surface area contributed by atoms with Crippen LogP contribution in [0.5, 0.6) is 5.75 Å². The van der Waals surface area contributed by atoms with Crippen molar-refractivity contribution in [2.75, 3.05) is 13.7 Å². The zero-order chi connectivity index (χ0) is 15.2. The highest BCUT2D eigenvalue weighted by Gasteiger charge is 2.33. The zero-order valence-corrected chi connectivity index (χ0v) is 14.7. The van der Waals surface area contributed by atoms with Crippen LogP contribution < -0.4 is 10.5 Å². The van der Waals surface area contributed by atoms with Crippen molar-refractivity contribution in [1.82, 2.24) is 0 Å². The molecule has 0 amide bonds. The number of benzene rings is 1. The molecule has 1 rings (SSSR count). The van der Waals surface area contributed by atoms with Crippen molar-refractivity contribution in [1.29, 1.82) is 0 Å². The fraction of sp³-hybridized carbons (Fsp3) is 0.600. The van der Waals surface area contributed by atoms with E-state index in [-0.39, 0.29) is 6.10 Å². The van der Waals surface area contributed by atoms with Crippen LogP contribution in [0.1, 0.15) is 32.4 Å². The van der Waals surface area contributed by atoms with Gasteiger partial charge in [0.1, 0.15) is 5.75 Å². The van der Waals surface area contributed by atoms with Crippen LogP contribution in [0.4, 0.5) is 0 Å². The Kier molecular flexibility index (Phi) is 7.02. The van der Waals surface area contributed by atoms with E-state index in [2.05, 4.69) is 20.8 Å². The molecule has 1 unspecified atom stereocenters. The fourth-order valence-electron chi connectivity index (χ4n) is 2.53. The summed E-state index contributed by atoms with van der Waals surface area (Å²) < 4.78 is 11.9. The van der Waals surface area contributed by atoms with E-state index in [1.54, 1.807) is 7.11 Å². The normalized spacial score (nSPS) is 13.3. The van der Waals surface area contributed by atoms with Crippen LogP contribution in [0.25, 0.3) is 0 Å². The molecule has 0 spiro atoms. The molecule has 3 nitrogen and oxygen atoms in total. The molecule has 5 heteroatoms. The average Bonchev–Trinajstić information content (AvgIpc) is 2.50. The molecule has 0 aliphatic rings. The highest BCUT2D eigenvalue weighted by Crippen LogP contribution is 2.37. The molecule has 1 aromatic carbocycles. The highest BCUT2D eigenvalue weighted by atomic mass is 35.5. The van der Waals surface area contributed by atoms with Gasteiger partial charge < -0.3 is 14.9 Å². The molecular weight excluding hydrogens is 290 g/mol. The molecule has 0 saturated carbocycles. The third-order valence-electron chi connectivity index (χ3n) is 4.09. The SMILES string of the molecule is CC[Si](CC)(CC)OC(CN)c1c(Cl)cccc1OC. The van der Waals surface area contributed by atoms with Crippen molar-refractivity contribution >= 4 is 19.9 Å². The smallest absolute Gasteiger partial charge is 0.192 e. The van der Waals surface area contributed by atoms with Crippen molar-refractivity contribution in [3.05, 3.63) is 28.8 Å². The molecule has 20 heavy (non-hydrogen) atoms. The first-order chi connectivity index (χ1) is 9.57. The first kappa shape index (κ1) is 17.5. The minimum absolute atomic E-state index is 0.190. The lowest BCUT2D eigenvalue weighted by atomic mass is 10.1. The number of ether oxygens (including phenoxy) is 1. The van der Waals surface area contributed by atoms with E-state index in [4.69, 9.17) is 26.5 Å². The maximum Gasteiger partial charge on any atom is 0.192 e. The minimum atomic E-state index is -1.74. The van der Waals surface area contributed by atoms with E-state index in [9.17, 15) is 0 Å². The summed E-state index contributed by atoms with van der Waals surface area (Å²) in [5.41, 5.74) is 6.83. The summed E-state index contributed by atoms with van der Waals surface area (Å²) in [7, 11) is -0.0913. The van der Waals surface area contributed by atoms with Gasteiger partial charge in [0, 0.05) is 12.1 Å². The Morgan fingerprint density at radius 2 is 1.80 bits per heavy atom. The third kappa shape index (κ3) is 3.76. The Morgan fingerprint density at radius 1 is 1.20 bits per heavy atom. The number of rotatable bonds is 8. The molecule has 0 heterocycles. The molecule has 0 aliphatic carbocycles. The Hall–Kier alpha value is -0.553. The van der Waals surface area contributed by atoms with Gasteiger partial charge in [-0.25, -0.2) is 0 Å². The van der Waals surface area contributed by atoms with Crippen LogP contribution in [0.2, 0.25) is 23.2 Å². The van der Waals surface area contributed by atoms with Crippen LogP contribution in [-0.4, -0.2) is 22.0 Å². The van der Waals surface area contributed by atoms with E-state index >= 15 is 0 Å². The molecule has 0 aliphatic heterocycles. The van der Waals surface area contributed by atoms with Crippen molar-refractivity contribution in [3.63, 3.8) is 0 Å². The van der Waals surface area contributed by atoms with Crippen LogP contribution in [-0.2, 0) is 4.43 Å². The molecule has 0 aromatic heterocycles. The molecule has 0 bridgehead atoms. The van der Waals surface area contributed by atoms with Crippen LogP contribution in [0.15, 0.2) is 18.2 Å². The van der Waals surface area contributed by atoms with E-state index in [1.807, 2.05) is 18.2 Å². The fourth-order valence-corrected chi connectivity index (χ4v) is 5.64. The average molecular weight is 316 g/mol. The Labute approximate surface area is 128 Å². The van der Waals surface area contributed by atoms with Gasteiger partial charge in [0.15, 0.2) is 8.32 Å². The molecular formula is C15H26ClNO2Si. The summed E-state index contributed by atoms with van der Waals surface area (Å²) >= 11 is 6.34. The van der Waals surface area contributed by atoms with Gasteiger partial charge in [0.25, 0.3) is 0 Å².